The Hall–Kier alpha value is -4.38. The number of ketones is 1. The lowest BCUT2D eigenvalue weighted by atomic mass is 9.97. The molecule has 0 saturated carbocycles. The van der Waals surface area contributed by atoms with Crippen molar-refractivity contribution in [2.45, 2.75) is 53.2 Å². The zero-order valence-electron chi connectivity index (χ0n) is 23.5. The van der Waals surface area contributed by atoms with Crippen LogP contribution in [0.25, 0.3) is 11.1 Å². The molecule has 0 bridgehead atoms. The molecule has 0 radical (unpaired) electrons. The van der Waals surface area contributed by atoms with Crippen LogP contribution in [-0.4, -0.2) is 18.2 Å². The number of carbonyl (C=O) groups excluding carboxylic acids is 2. The first-order valence-electron chi connectivity index (χ1n) is 13.8. The topological polar surface area (TPSA) is 64.6 Å². The minimum atomic E-state index is -0.00847. The Bertz CT molecular complexity index is 1430. The molecule has 1 amide bonds. The van der Waals surface area contributed by atoms with Crippen molar-refractivity contribution < 1.29 is 19.1 Å². The average Bonchev–Trinajstić information content (AvgIpc) is 2.96. The smallest absolute Gasteiger partial charge is 0.216 e. The highest BCUT2D eigenvalue weighted by Crippen LogP contribution is 2.30. The van der Waals surface area contributed by atoms with Gasteiger partial charge in [0.1, 0.15) is 24.7 Å². The van der Waals surface area contributed by atoms with E-state index in [2.05, 4.69) is 60.8 Å². The number of nitrogens with one attached hydrogen (secondary N) is 1. The van der Waals surface area contributed by atoms with Crippen molar-refractivity contribution >= 4 is 11.7 Å². The van der Waals surface area contributed by atoms with Gasteiger partial charge >= 0.3 is 0 Å². The number of aryl methyl sites for hydroxylation is 1. The molecule has 4 rings (SSSR count). The second kappa shape index (κ2) is 14.1. The van der Waals surface area contributed by atoms with Crippen LogP contribution in [0.4, 0.5) is 0 Å². The summed E-state index contributed by atoms with van der Waals surface area (Å²) in [5.74, 6) is 1.56. The fourth-order valence-corrected chi connectivity index (χ4v) is 4.60. The second-order valence-electron chi connectivity index (χ2n) is 10.00. The van der Waals surface area contributed by atoms with Crippen LogP contribution in [0.3, 0.4) is 0 Å². The number of carbonyl (C=O) groups is 2. The summed E-state index contributed by atoms with van der Waals surface area (Å²) in [6.07, 6.45) is 2.65. The highest BCUT2D eigenvalue weighted by molar-refractivity contribution is 5.94. The number of ether oxygens (including phenoxy) is 2. The fourth-order valence-electron chi connectivity index (χ4n) is 4.60. The van der Waals surface area contributed by atoms with Crippen LogP contribution < -0.4 is 14.8 Å². The first-order valence-corrected chi connectivity index (χ1v) is 13.8. The lowest BCUT2D eigenvalue weighted by Gasteiger charge is -2.16. The summed E-state index contributed by atoms with van der Waals surface area (Å²) in [4.78, 5) is 22.8. The van der Waals surface area contributed by atoms with Crippen LogP contribution in [0.1, 0.15) is 59.3 Å². The number of unbranched alkanes of at least 4 members (excludes halogenated alkanes) is 1. The van der Waals surface area contributed by atoms with Crippen LogP contribution in [0, 0.1) is 6.92 Å². The first-order chi connectivity index (χ1) is 19.4. The van der Waals surface area contributed by atoms with Crippen LogP contribution in [-0.2, 0) is 24.4 Å². The molecule has 40 heavy (non-hydrogen) atoms. The van der Waals surface area contributed by atoms with Gasteiger partial charge in [0.15, 0.2) is 5.78 Å². The van der Waals surface area contributed by atoms with E-state index in [1.54, 1.807) is 6.92 Å². The third kappa shape index (κ3) is 8.06. The van der Waals surface area contributed by atoms with E-state index in [1.165, 1.54) is 23.6 Å². The van der Waals surface area contributed by atoms with Gasteiger partial charge in [-0.25, -0.2) is 0 Å². The quantitative estimate of drug-likeness (QED) is 0.142. The van der Waals surface area contributed by atoms with Gasteiger partial charge in [-0.2, -0.15) is 0 Å². The SMILES string of the molecule is CC(=O)NCCCCc1ccc(OCc2cccc(-c3ccccc3)c2C)cc1OCc1ccc(C(C)=O)cc1. The van der Waals surface area contributed by atoms with Gasteiger partial charge in [-0.1, -0.05) is 78.9 Å². The molecular formula is C35H37NO4. The van der Waals surface area contributed by atoms with Gasteiger partial charge in [0.25, 0.3) is 0 Å². The number of benzene rings is 4. The van der Waals surface area contributed by atoms with Crippen molar-refractivity contribution in [3.8, 4) is 22.6 Å². The van der Waals surface area contributed by atoms with Gasteiger partial charge in [0.05, 0.1) is 0 Å². The van der Waals surface area contributed by atoms with E-state index >= 15 is 0 Å². The summed E-state index contributed by atoms with van der Waals surface area (Å²) in [6, 6.07) is 30.2. The van der Waals surface area contributed by atoms with Gasteiger partial charge in [0.2, 0.25) is 5.91 Å². The molecule has 1 N–H and O–H groups in total. The van der Waals surface area contributed by atoms with E-state index in [1.807, 2.05) is 42.5 Å². The Kier molecular flexibility index (Phi) is 10.1. The predicted molar refractivity (Wildman–Crippen MR) is 160 cm³/mol. The highest BCUT2D eigenvalue weighted by atomic mass is 16.5. The average molecular weight is 536 g/mol. The summed E-state index contributed by atoms with van der Waals surface area (Å²) < 4.78 is 12.5. The summed E-state index contributed by atoms with van der Waals surface area (Å²) in [6.45, 7) is 6.74. The molecule has 0 aliphatic carbocycles. The van der Waals surface area contributed by atoms with Crippen LogP contribution in [0.5, 0.6) is 11.5 Å². The number of rotatable bonds is 13. The third-order valence-electron chi connectivity index (χ3n) is 6.97. The van der Waals surface area contributed by atoms with Crippen LogP contribution in [0.15, 0.2) is 91.0 Å². The molecule has 0 spiro atoms. The maximum Gasteiger partial charge on any atom is 0.216 e. The normalized spacial score (nSPS) is 10.7. The maximum atomic E-state index is 11.6. The highest BCUT2D eigenvalue weighted by Gasteiger charge is 2.10. The number of hydrogen-bond donors (Lipinski definition) is 1. The zero-order chi connectivity index (χ0) is 28.3. The van der Waals surface area contributed by atoms with E-state index in [4.69, 9.17) is 9.47 Å². The minimum Gasteiger partial charge on any atom is -0.489 e. The molecule has 0 aliphatic heterocycles. The summed E-state index contributed by atoms with van der Waals surface area (Å²) >= 11 is 0. The van der Waals surface area contributed by atoms with Crippen molar-refractivity contribution in [1.29, 1.82) is 0 Å². The molecule has 0 aromatic heterocycles. The van der Waals surface area contributed by atoms with Crippen molar-refractivity contribution in [2.24, 2.45) is 0 Å². The molecule has 5 heteroatoms. The van der Waals surface area contributed by atoms with Crippen molar-refractivity contribution in [1.82, 2.24) is 5.32 Å². The van der Waals surface area contributed by atoms with Crippen molar-refractivity contribution in [3.63, 3.8) is 0 Å². The van der Waals surface area contributed by atoms with Crippen LogP contribution >= 0.6 is 0 Å². The molecule has 0 fully saturated rings. The molecule has 0 aliphatic rings. The molecule has 4 aromatic carbocycles. The van der Waals surface area contributed by atoms with Gasteiger partial charge in [-0.15, -0.1) is 0 Å². The lowest BCUT2D eigenvalue weighted by molar-refractivity contribution is -0.118. The minimum absolute atomic E-state index is 0.00847. The Morgan fingerprint density at radius 1 is 0.750 bits per heavy atom. The predicted octanol–water partition coefficient (Wildman–Crippen LogP) is 7.48. The Morgan fingerprint density at radius 3 is 2.25 bits per heavy atom. The van der Waals surface area contributed by atoms with Crippen molar-refractivity contribution in [3.05, 3.63) is 119 Å². The largest absolute Gasteiger partial charge is 0.489 e. The molecule has 0 saturated heterocycles. The first kappa shape index (κ1) is 28.6. The van der Waals surface area contributed by atoms with Gasteiger partial charge < -0.3 is 14.8 Å². The Labute approximate surface area is 237 Å². The van der Waals surface area contributed by atoms with Gasteiger partial charge in [0, 0.05) is 25.1 Å². The number of hydrogen-bond acceptors (Lipinski definition) is 4. The van der Waals surface area contributed by atoms with Gasteiger partial charge in [-0.3, -0.25) is 9.59 Å². The Balaban J connectivity index is 1.47. The molecule has 5 nitrogen and oxygen atoms in total. The standard InChI is InChI=1S/C35H37NO4/c1-25-32(13-9-14-34(25)30-10-5-4-6-11-30)24-39-33-20-19-31(12-7-8-21-36-27(3)38)35(22-33)40-23-28-15-17-29(18-16-28)26(2)37/h4-6,9-11,13-20,22H,7-8,12,21,23-24H2,1-3H3,(H,36,38). The van der Waals surface area contributed by atoms with E-state index < -0.39 is 0 Å². The summed E-state index contributed by atoms with van der Waals surface area (Å²) in [5, 5.41) is 2.85. The van der Waals surface area contributed by atoms with Crippen LogP contribution in [0.2, 0.25) is 0 Å². The molecule has 0 heterocycles. The maximum absolute atomic E-state index is 11.6. The van der Waals surface area contributed by atoms with Crippen molar-refractivity contribution in [2.75, 3.05) is 6.54 Å². The molecular weight excluding hydrogens is 498 g/mol. The lowest BCUT2D eigenvalue weighted by Crippen LogP contribution is -2.20. The van der Waals surface area contributed by atoms with E-state index in [0.29, 0.717) is 25.3 Å². The van der Waals surface area contributed by atoms with Gasteiger partial charge in [-0.05, 0) is 72.6 Å². The van der Waals surface area contributed by atoms with E-state index in [0.717, 1.165) is 47.5 Å². The number of Topliss-reactive ketones (excluding diaryl/α,β-unsaturated/α-hetero) is 1. The molecule has 0 atom stereocenters. The number of amides is 1. The third-order valence-corrected chi connectivity index (χ3v) is 6.97. The van der Waals surface area contributed by atoms with E-state index in [-0.39, 0.29) is 11.7 Å². The van der Waals surface area contributed by atoms with E-state index in [9.17, 15) is 9.59 Å². The molecule has 0 unspecified atom stereocenters. The fraction of sp³-hybridized carbons (Fsp3) is 0.257. The summed E-state index contributed by atoms with van der Waals surface area (Å²) in [5.41, 5.74) is 7.50. The second-order valence-corrected chi connectivity index (χ2v) is 10.00. The Morgan fingerprint density at radius 2 is 1.52 bits per heavy atom. The summed E-state index contributed by atoms with van der Waals surface area (Å²) in [7, 11) is 0. The molecule has 206 valence electrons. The molecule has 4 aromatic rings. The zero-order valence-corrected chi connectivity index (χ0v) is 23.5. The monoisotopic (exact) mass is 535 g/mol.